The highest BCUT2D eigenvalue weighted by Crippen LogP contribution is 2.36. The molecule has 3 aromatic rings. The number of benzene rings is 2. The third-order valence-corrected chi connectivity index (χ3v) is 5.32. The molecule has 0 aliphatic rings. The molecule has 0 aliphatic carbocycles. The number of carbonyl (C=O) groups excluding carboxylic acids is 2. The van der Waals surface area contributed by atoms with Crippen LogP contribution in [0, 0.1) is 0 Å². The first kappa shape index (κ1) is 21.4. The van der Waals surface area contributed by atoms with Crippen molar-refractivity contribution in [2.75, 3.05) is 26.1 Å². The quantitative estimate of drug-likeness (QED) is 0.525. The second kappa shape index (κ2) is 9.93. The minimum absolute atomic E-state index is 0.126. The van der Waals surface area contributed by atoms with Gasteiger partial charge in [-0.2, -0.15) is 0 Å². The summed E-state index contributed by atoms with van der Waals surface area (Å²) < 4.78 is 15.7. The van der Waals surface area contributed by atoms with Gasteiger partial charge in [0.2, 0.25) is 5.91 Å². The zero-order valence-corrected chi connectivity index (χ0v) is 17.9. The van der Waals surface area contributed by atoms with E-state index in [4.69, 9.17) is 14.2 Å². The van der Waals surface area contributed by atoms with E-state index >= 15 is 0 Å². The molecule has 30 heavy (non-hydrogen) atoms. The standard InChI is InChI=1S/C23H23NO5S/c1-4-29-23(26)21-17(16-8-6-5-7-9-16)14-30-22(21)24-20(25)13-15-10-11-18(27-2)19(12-15)28-3/h5-12,14H,4,13H2,1-3H3,(H,24,25). The molecule has 0 radical (unpaired) electrons. The molecule has 1 heterocycles. The lowest BCUT2D eigenvalue weighted by Gasteiger charge is -2.11. The molecule has 2 aromatic carbocycles. The molecule has 156 valence electrons. The minimum atomic E-state index is -0.459. The predicted octanol–water partition coefficient (Wildman–Crippen LogP) is 4.79. The van der Waals surface area contributed by atoms with E-state index in [1.54, 1.807) is 39.3 Å². The maximum absolute atomic E-state index is 12.7. The number of hydrogen-bond donors (Lipinski definition) is 1. The molecule has 0 atom stereocenters. The SMILES string of the molecule is CCOC(=O)c1c(-c2ccccc2)csc1NC(=O)Cc1ccc(OC)c(OC)c1. The molecule has 1 amide bonds. The van der Waals surface area contributed by atoms with Gasteiger partial charge in [-0.25, -0.2) is 4.79 Å². The first-order chi connectivity index (χ1) is 14.6. The molecule has 0 unspecified atom stereocenters. The van der Waals surface area contributed by atoms with E-state index in [1.807, 2.05) is 35.7 Å². The van der Waals surface area contributed by atoms with E-state index in [2.05, 4.69) is 5.32 Å². The van der Waals surface area contributed by atoms with E-state index in [9.17, 15) is 9.59 Å². The van der Waals surface area contributed by atoms with Crippen LogP contribution < -0.4 is 14.8 Å². The van der Waals surface area contributed by atoms with E-state index in [0.29, 0.717) is 22.1 Å². The van der Waals surface area contributed by atoms with Crippen molar-refractivity contribution < 1.29 is 23.8 Å². The van der Waals surface area contributed by atoms with Gasteiger partial charge >= 0.3 is 5.97 Å². The van der Waals surface area contributed by atoms with Crippen LogP contribution in [0.15, 0.2) is 53.9 Å². The van der Waals surface area contributed by atoms with Gasteiger partial charge in [-0.1, -0.05) is 36.4 Å². The molecular weight excluding hydrogens is 402 g/mol. The van der Waals surface area contributed by atoms with Gasteiger partial charge in [0.15, 0.2) is 11.5 Å². The molecule has 0 spiro atoms. The largest absolute Gasteiger partial charge is 0.493 e. The third kappa shape index (κ3) is 4.80. The molecule has 7 heteroatoms. The number of methoxy groups -OCH3 is 2. The number of rotatable bonds is 8. The van der Waals surface area contributed by atoms with Crippen LogP contribution in [0.5, 0.6) is 11.5 Å². The molecule has 6 nitrogen and oxygen atoms in total. The number of ether oxygens (including phenoxy) is 3. The Morgan fingerprint density at radius 1 is 1.00 bits per heavy atom. The van der Waals surface area contributed by atoms with Crippen molar-refractivity contribution in [3.63, 3.8) is 0 Å². The molecule has 0 saturated heterocycles. The van der Waals surface area contributed by atoms with Gasteiger partial charge in [0.1, 0.15) is 10.6 Å². The maximum atomic E-state index is 12.7. The fraction of sp³-hybridized carbons (Fsp3) is 0.217. The van der Waals surface area contributed by atoms with E-state index in [-0.39, 0.29) is 18.9 Å². The Balaban J connectivity index is 1.84. The summed E-state index contributed by atoms with van der Waals surface area (Å²) in [5.41, 5.74) is 2.76. The summed E-state index contributed by atoms with van der Waals surface area (Å²) in [6, 6.07) is 14.9. The van der Waals surface area contributed by atoms with Crippen LogP contribution in [-0.2, 0) is 16.0 Å². The fourth-order valence-electron chi connectivity index (χ4n) is 3.03. The maximum Gasteiger partial charge on any atom is 0.341 e. The lowest BCUT2D eigenvalue weighted by atomic mass is 10.0. The van der Waals surface area contributed by atoms with Gasteiger partial charge in [0.25, 0.3) is 0 Å². The number of esters is 1. The Morgan fingerprint density at radius 3 is 2.40 bits per heavy atom. The fourth-order valence-corrected chi connectivity index (χ4v) is 4.01. The van der Waals surface area contributed by atoms with Crippen LogP contribution in [0.3, 0.4) is 0 Å². The number of hydrogen-bond acceptors (Lipinski definition) is 6. The van der Waals surface area contributed by atoms with Crippen molar-refractivity contribution in [3.8, 4) is 22.6 Å². The van der Waals surface area contributed by atoms with Crippen LogP contribution in [0.25, 0.3) is 11.1 Å². The Kier molecular flexibility index (Phi) is 7.08. The van der Waals surface area contributed by atoms with Gasteiger partial charge < -0.3 is 19.5 Å². The molecule has 0 fully saturated rings. The van der Waals surface area contributed by atoms with Crippen molar-refractivity contribution in [3.05, 3.63) is 65.0 Å². The van der Waals surface area contributed by atoms with Gasteiger partial charge in [-0.3, -0.25) is 4.79 Å². The monoisotopic (exact) mass is 425 g/mol. The highest BCUT2D eigenvalue weighted by atomic mass is 32.1. The average molecular weight is 426 g/mol. The summed E-state index contributed by atoms with van der Waals surface area (Å²) in [6.07, 6.45) is 0.126. The van der Waals surface area contributed by atoms with Crippen molar-refractivity contribution in [2.24, 2.45) is 0 Å². The van der Waals surface area contributed by atoms with Crippen molar-refractivity contribution in [2.45, 2.75) is 13.3 Å². The minimum Gasteiger partial charge on any atom is -0.493 e. The lowest BCUT2D eigenvalue weighted by Crippen LogP contribution is -2.16. The Labute approximate surface area is 179 Å². The Hall–Kier alpha value is -3.32. The summed E-state index contributed by atoms with van der Waals surface area (Å²) in [6.45, 7) is 2.00. The molecule has 1 N–H and O–H groups in total. The topological polar surface area (TPSA) is 73.9 Å². The summed E-state index contributed by atoms with van der Waals surface area (Å²) in [4.78, 5) is 25.3. The highest BCUT2D eigenvalue weighted by molar-refractivity contribution is 7.15. The Bertz CT molecular complexity index is 1030. The van der Waals surface area contributed by atoms with E-state index in [0.717, 1.165) is 16.7 Å². The van der Waals surface area contributed by atoms with Crippen LogP contribution in [0.2, 0.25) is 0 Å². The van der Waals surface area contributed by atoms with Crippen molar-refractivity contribution >= 4 is 28.2 Å². The molecule has 0 bridgehead atoms. The van der Waals surface area contributed by atoms with Crippen LogP contribution in [0.4, 0.5) is 5.00 Å². The normalized spacial score (nSPS) is 10.4. The first-order valence-corrected chi connectivity index (χ1v) is 10.3. The van der Waals surface area contributed by atoms with Crippen LogP contribution >= 0.6 is 11.3 Å². The summed E-state index contributed by atoms with van der Waals surface area (Å²) in [7, 11) is 3.10. The second-order valence-electron chi connectivity index (χ2n) is 6.35. The summed E-state index contributed by atoms with van der Waals surface area (Å²) in [5, 5.41) is 5.19. The molecule has 3 rings (SSSR count). The van der Waals surface area contributed by atoms with Gasteiger partial charge in [0, 0.05) is 10.9 Å². The molecular formula is C23H23NO5S. The predicted molar refractivity (Wildman–Crippen MR) is 118 cm³/mol. The van der Waals surface area contributed by atoms with Crippen molar-refractivity contribution in [1.82, 2.24) is 0 Å². The Morgan fingerprint density at radius 2 is 1.73 bits per heavy atom. The van der Waals surface area contributed by atoms with Crippen molar-refractivity contribution in [1.29, 1.82) is 0 Å². The molecule has 0 saturated carbocycles. The number of amides is 1. The zero-order chi connectivity index (χ0) is 21.5. The lowest BCUT2D eigenvalue weighted by molar-refractivity contribution is -0.115. The zero-order valence-electron chi connectivity index (χ0n) is 17.1. The summed E-state index contributed by atoms with van der Waals surface area (Å²) >= 11 is 1.30. The number of carbonyl (C=O) groups is 2. The highest BCUT2D eigenvalue weighted by Gasteiger charge is 2.23. The number of anilines is 1. The first-order valence-electron chi connectivity index (χ1n) is 9.42. The summed E-state index contributed by atoms with van der Waals surface area (Å²) in [5.74, 6) is 0.447. The smallest absolute Gasteiger partial charge is 0.341 e. The van der Waals surface area contributed by atoms with Gasteiger partial charge in [-0.15, -0.1) is 11.3 Å². The molecule has 1 aromatic heterocycles. The van der Waals surface area contributed by atoms with Crippen LogP contribution in [0.1, 0.15) is 22.8 Å². The van der Waals surface area contributed by atoms with E-state index in [1.165, 1.54) is 11.3 Å². The van der Waals surface area contributed by atoms with Gasteiger partial charge in [0.05, 0.1) is 27.2 Å². The average Bonchev–Trinajstić information content (AvgIpc) is 3.17. The number of thiophene rings is 1. The number of nitrogens with one attached hydrogen (secondary N) is 1. The third-order valence-electron chi connectivity index (χ3n) is 4.42. The second-order valence-corrected chi connectivity index (χ2v) is 7.23. The van der Waals surface area contributed by atoms with E-state index < -0.39 is 5.97 Å². The molecule has 0 aliphatic heterocycles. The van der Waals surface area contributed by atoms with Crippen LogP contribution in [-0.4, -0.2) is 32.7 Å². The van der Waals surface area contributed by atoms with Gasteiger partial charge in [-0.05, 0) is 30.2 Å².